The third kappa shape index (κ3) is 7.04. The fourth-order valence-electron chi connectivity index (χ4n) is 3.67. The Kier molecular flexibility index (Phi) is 11.2. The van der Waals surface area contributed by atoms with Gasteiger partial charge in [0.15, 0.2) is 0 Å². The van der Waals surface area contributed by atoms with Crippen molar-refractivity contribution >= 4 is 30.5 Å². The number of isocyanates is 1. The Bertz CT molecular complexity index is 607. The number of unbranched alkanes of at least 4 members (excludes halogenated alkanes) is 3. The van der Waals surface area contributed by atoms with Gasteiger partial charge < -0.3 is 0 Å². The van der Waals surface area contributed by atoms with E-state index in [1.807, 2.05) is 6.08 Å². The van der Waals surface area contributed by atoms with Gasteiger partial charge in [-0.15, -0.1) is 0 Å². The van der Waals surface area contributed by atoms with Crippen molar-refractivity contribution in [2.75, 3.05) is 0 Å². The van der Waals surface area contributed by atoms with Crippen molar-refractivity contribution in [3.05, 3.63) is 38.6 Å². The second kappa shape index (κ2) is 12.5. The third-order valence-electron chi connectivity index (χ3n) is 5.57. The van der Waals surface area contributed by atoms with Crippen LogP contribution in [0, 0.1) is 13.8 Å². The predicted octanol–water partition coefficient (Wildman–Crippen LogP) is 7.37. The molecule has 0 aliphatic carbocycles. The molecule has 0 N–H and O–H groups in total. The van der Waals surface area contributed by atoms with E-state index in [1.54, 1.807) is 0 Å². The number of hydrogen-bond donors (Lipinski definition) is 0. The SMILES string of the molecule is CCC[CH2][Sn]([CH2]CCC)([CH2]CCC)/[C](=C/c1ccc(C)c(C)c1)N=C=O. The van der Waals surface area contributed by atoms with Gasteiger partial charge in [0, 0.05) is 0 Å². The number of benzene rings is 1. The molecular formula is C23H37NOSn. The Morgan fingerprint density at radius 1 is 0.962 bits per heavy atom. The van der Waals surface area contributed by atoms with Gasteiger partial charge >= 0.3 is 165 Å². The second-order valence-corrected chi connectivity index (χ2v) is 20.7. The van der Waals surface area contributed by atoms with Crippen molar-refractivity contribution in [1.29, 1.82) is 0 Å². The third-order valence-corrected chi connectivity index (χ3v) is 20.6. The van der Waals surface area contributed by atoms with E-state index >= 15 is 0 Å². The van der Waals surface area contributed by atoms with Crippen LogP contribution in [0.1, 0.15) is 76.0 Å². The van der Waals surface area contributed by atoms with Gasteiger partial charge in [0.25, 0.3) is 0 Å². The minimum absolute atomic E-state index is 1.15. The number of hydrogen-bond acceptors (Lipinski definition) is 2. The van der Waals surface area contributed by atoms with E-state index in [0.29, 0.717) is 0 Å². The van der Waals surface area contributed by atoms with Crippen LogP contribution >= 0.6 is 0 Å². The van der Waals surface area contributed by atoms with Crippen molar-refractivity contribution in [3.63, 3.8) is 0 Å². The topological polar surface area (TPSA) is 29.4 Å². The summed E-state index contributed by atoms with van der Waals surface area (Å²) in [6, 6.07) is 6.56. The van der Waals surface area contributed by atoms with E-state index in [4.69, 9.17) is 0 Å². The number of aryl methyl sites for hydroxylation is 2. The molecule has 0 spiro atoms. The first kappa shape index (κ1) is 23.2. The average molecular weight is 462 g/mol. The van der Waals surface area contributed by atoms with E-state index < -0.39 is 18.4 Å². The van der Waals surface area contributed by atoms with Crippen molar-refractivity contribution in [2.45, 2.75) is 86.5 Å². The van der Waals surface area contributed by atoms with Crippen LogP contribution in [0.15, 0.2) is 26.9 Å². The van der Waals surface area contributed by atoms with Crippen molar-refractivity contribution < 1.29 is 4.79 Å². The van der Waals surface area contributed by atoms with Crippen molar-refractivity contribution in [3.8, 4) is 0 Å². The Morgan fingerprint density at radius 3 is 1.92 bits per heavy atom. The Labute approximate surface area is 165 Å². The maximum atomic E-state index is 11.3. The molecule has 1 aromatic rings. The quantitative estimate of drug-likeness (QED) is 0.181. The van der Waals surface area contributed by atoms with E-state index in [1.165, 1.54) is 68.5 Å². The minimum atomic E-state index is -2.71. The average Bonchev–Trinajstić information content (AvgIpc) is 2.64. The van der Waals surface area contributed by atoms with E-state index in [2.05, 4.69) is 63.9 Å². The van der Waals surface area contributed by atoms with Crippen LogP contribution in [-0.4, -0.2) is 24.5 Å². The molecule has 0 atom stereocenters. The van der Waals surface area contributed by atoms with Crippen LogP contribution in [0.4, 0.5) is 0 Å². The molecule has 0 aliphatic rings. The zero-order valence-electron chi connectivity index (χ0n) is 17.5. The van der Waals surface area contributed by atoms with Crippen LogP contribution in [0.3, 0.4) is 0 Å². The molecule has 0 fully saturated rings. The molecule has 0 radical (unpaired) electrons. The second-order valence-electron chi connectivity index (χ2n) is 7.67. The van der Waals surface area contributed by atoms with Gasteiger partial charge in [-0.3, -0.25) is 0 Å². The number of rotatable bonds is 12. The molecule has 1 rings (SSSR count). The van der Waals surface area contributed by atoms with Gasteiger partial charge in [-0.05, 0) is 0 Å². The first-order chi connectivity index (χ1) is 12.5. The maximum absolute atomic E-state index is 11.3. The summed E-state index contributed by atoms with van der Waals surface area (Å²) in [5.74, 6) is 0. The van der Waals surface area contributed by atoms with Crippen molar-refractivity contribution in [2.24, 2.45) is 4.99 Å². The Hall–Kier alpha value is -0.861. The normalized spacial score (nSPS) is 12.1. The van der Waals surface area contributed by atoms with E-state index in [-0.39, 0.29) is 0 Å². The summed E-state index contributed by atoms with van der Waals surface area (Å²) in [4.78, 5) is 15.6. The molecule has 26 heavy (non-hydrogen) atoms. The van der Waals surface area contributed by atoms with Crippen LogP contribution in [0.2, 0.25) is 13.3 Å². The fourth-order valence-corrected chi connectivity index (χ4v) is 19.0. The Balaban J connectivity index is 3.40. The molecule has 0 bridgehead atoms. The van der Waals surface area contributed by atoms with E-state index in [0.717, 1.165) is 3.71 Å². The van der Waals surface area contributed by atoms with Crippen LogP contribution in [0.25, 0.3) is 6.08 Å². The molecule has 144 valence electrons. The molecule has 0 aromatic heterocycles. The summed E-state index contributed by atoms with van der Waals surface area (Å²) < 4.78 is 5.08. The van der Waals surface area contributed by atoms with Crippen LogP contribution in [-0.2, 0) is 4.79 Å². The molecule has 0 saturated carbocycles. The van der Waals surface area contributed by atoms with Gasteiger partial charge in [0.1, 0.15) is 0 Å². The molecular weight excluding hydrogens is 425 g/mol. The molecule has 0 unspecified atom stereocenters. The zero-order valence-corrected chi connectivity index (χ0v) is 20.4. The first-order valence-corrected chi connectivity index (χ1v) is 17.9. The number of aliphatic imine (C=N–C) groups is 1. The van der Waals surface area contributed by atoms with Gasteiger partial charge in [0.2, 0.25) is 0 Å². The monoisotopic (exact) mass is 463 g/mol. The summed E-state index contributed by atoms with van der Waals surface area (Å²) in [7, 11) is 0. The zero-order chi connectivity index (χ0) is 19.4. The number of nitrogens with zero attached hydrogens (tertiary/aromatic N) is 1. The molecule has 0 aliphatic heterocycles. The summed E-state index contributed by atoms with van der Waals surface area (Å²) in [5.41, 5.74) is 3.79. The van der Waals surface area contributed by atoms with Crippen LogP contribution < -0.4 is 0 Å². The molecule has 0 saturated heterocycles. The summed E-state index contributed by atoms with van der Waals surface area (Å²) in [6.07, 6.45) is 11.6. The molecule has 3 heteroatoms. The van der Waals surface area contributed by atoms with Crippen molar-refractivity contribution in [1.82, 2.24) is 0 Å². The van der Waals surface area contributed by atoms with Gasteiger partial charge in [-0.2, -0.15) is 0 Å². The first-order valence-electron chi connectivity index (χ1n) is 10.4. The molecule has 0 amide bonds. The van der Waals surface area contributed by atoms with Crippen LogP contribution in [0.5, 0.6) is 0 Å². The van der Waals surface area contributed by atoms with Gasteiger partial charge in [-0.1, -0.05) is 0 Å². The summed E-state index contributed by atoms with van der Waals surface area (Å²) in [5, 5.41) is 0. The standard InChI is InChI=1S/C11H10NO.3C4H9.Sn/c1-9-3-4-11(7-10(9)2)5-6-12-8-13;3*1-3-4-2;/h3-5,7H,1-2H3;3*1,3-4H2,2H3;. The van der Waals surface area contributed by atoms with E-state index in [9.17, 15) is 4.79 Å². The Morgan fingerprint density at radius 2 is 1.50 bits per heavy atom. The summed E-state index contributed by atoms with van der Waals surface area (Å²) in [6.45, 7) is 11.1. The summed E-state index contributed by atoms with van der Waals surface area (Å²) >= 11 is -2.71. The fraction of sp³-hybridized carbons (Fsp3) is 0.609. The molecule has 0 heterocycles. The molecule has 2 nitrogen and oxygen atoms in total. The predicted molar refractivity (Wildman–Crippen MR) is 117 cm³/mol. The van der Waals surface area contributed by atoms with Gasteiger partial charge in [0.05, 0.1) is 0 Å². The molecule has 1 aromatic carbocycles. The number of carbonyl (C=O) groups excluding carboxylic acids is 1. The van der Waals surface area contributed by atoms with Gasteiger partial charge in [-0.25, -0.2) is 0 Å².